The van der Waals surface area contributed by atoms with Crippen molar-refractivity contribution in [2.45, 2.75) is 32.7 Å². The molecule has 4 heteroatoms. The number of nitrogens with one attached hydrogen (secondary N) is 1. The minimum atomic E-state index is 0.0530. The summed E-state index contributed by atoms with van der Waals surface area (Å²) in [5, 5.41) is 3.00. The molecule has 4 nitrogen and oxygen atoms in total. The summed E-state index contributed by atoms with van der Waals surface area (Å²) in [7, 11) is 0. The van der Waals surface area contributed by atoms with Crippen LogP contribution in [0.4, 0.5) is 5.69 Å². The fraction of sp³-hybridized carbons (Fsp3) is 0.333. The number of aryl methyl sites for hydroxylation is 1. The zero-order valence-corrected chi connectivity index (χ0v) is 14.4. The third-order valence-electron chi connectivity index (χ3n) is 4.96. The molecule has 2 aliphatic rings. The van der Waals surface area contributed by atoms with Gasteiger partial charge in [0, 0.05) is 30.3 Å². The van der Waals surface area contributed by atoms with Crippen LogP contribution in [0.3, 0.4) is 0 Å². The highest BCUT2D eigenvalue weighted by Gasteiger charge is 2.29. The largest absolute Gasteiger partial charge is 0.352 e. The normalized spacial score (nSPS) is 15.8. The Kier molecular flexibility index (Phi) is 4.04. The van der Waals surface area contributed by atoms with Gasteiger partial charge in [0.15, 0.2) is 0 Å². The fourth-order valence-electron chi connectivity index (χ4n) is 3.39. The molecule has 2 aromatic rings. The van der Waals surface area contributed by atoms with E-state index in [1.807, 2.05) is 48.2 Å². The Morgan fingerprint density at radius 1 is 1.16 bits per heavy atom. The van der Waals surface area contributed by atoms with Crippen LogP contribution in [0, 0.1) is 12.8 Å². The van der Waals surface area contributed by atoms with Crippen molar-refractivity contribution in [1.29, 1.82) is 0 Å². The van der Waals surface area contributed by atoms with Gasteiger partial charge in [0.25, 0.3) is 5.91 Å². The summed E-state index contributed by atoms with van der Waals surface area (Å²) in [5.41, 5.74) is 5.08. The first-order valence-electron chi connectivity index (χ1n) is 8.90. The van der Waals surface area contributed by atoms with E-state index in [9.17, 15) is 9.59 Å². The Bertz CT molecular complexity index is 840. The Morgan fingerprint density at radius 2 is 2.00 bits per heavy atom. The molecule has 1 aliphatic carbocycles. The quantitative estimate of drug-likeness (QED) is 0.933. The number of carbonyl (C=O) groups is 2. The van der Waals surface area contributed by atoms with E-state index in [0.29, 0.717) is 13.1 Å². The smallest absolute Gasteiger partial charge is 0.258 e. The second-order valence-electron chi connectivity index (χ2n) is 7.03. The number of hydrogen-bond donors (Lipinski definition) is 1. The van der Waals surface area contributed by atoms with E-state index in [1.165, 1.54) is 5.56 Å². The van der Waals surface area contributed by atoms with Crippen molar-refractivity contribution in [1.82, 2.24) is 5.32 Å². The van der Waals surface area contributed by atoms with Gasteiger partial charge in [0.05, 0.1) is 0 Å². The summed E-state index contributed by atoms with van der Waals surface area (Å²) in [6.45, 7) is 3.27. The van der Waals surface area contributed by atoms with Gasteiger partial charge in [0.1, 0.15) is 0 Å². The molecule has 2 amide bonds. The topological polar surface area (TPSA) is 49.4 Å². The minimum Gasteiger partial charge on any atom is -0.352 e. The molecule has 0 saturated heterocycles. The Morgan fingerprint density at radius 3 is 2.76 bits per heavy atom. The Hall–Kier alpha value is -2.62. The summed E-state index contributed by atoms with van der Waals surface area (Å²) in [6.07, 6.45) is 2.90. The van der Waals surface area contributed by atoms with Crippen LogP contribution in [0.1, 0.15) is 39.9 Å². The lowest BCUT2D eigenvalue weighted by atomic mass is 10.1. The van der Waals surface area contributed by atoms with Crippen molar-refractivity contribution in [3.8, 4) is 0 Å². The summed E-state index contributed by atoms with van der Waals surface area (Å²) in [5.74, 6) is 0.450. The molecule has 0 aromatic heterocycles. The molecule has 1 heterocycles. The van der Waals surface area contributed by atoms with Crippen LogP contribution in [0.15, 0.2) is 42.5 Å². The molecular weight excluding hydrogens is 312 g/mol. The summed E-state index contributed by atoms with van der Waals surface area (Å²) < 4.78 is 0. The molecule has 25 heavy (non-hydrogen) atoms. The van der Waals surface area contributed by atoms with Crippen molar-refractivity contribution in [2.75, 3.05) is 11.4 Å². The Labute approximate surface area is 147 Å². The van der Waals surface area contributed by atoms with Gasteiger partial charge in [-0.1, -0.05) is 29.8 Å². The predicted molar refractivity (Wildman–Crippen MR) is 97.6 cm³/mol. The molecule has 0 atom stereocenters. The molecule has 128 valence electrons. The number of nitrogens with zero attached hydrogens (tertiary/aromatic N) is 1. The molecule has 1 fully saturated rings. The average Bonchev–Trinajstić information content (AvgIpc) is 3.39. The van der Waals surface area contributed by atoms with Crippen LogP contribution in [0.2, 0.25) is 0 Å². The highest BCUT2D eigenvalue weighted by Crippen LogP contribution is 2.31. The van der Waals surface area contributed by atoms with E-state index in [1.54, 1.807) is 0 Å². The third kappa shape index (κ3) is 3.29. The zero-order chi connectivity index (χ0) is 17.4. The van der Waals surface area contributed by atoms with Crippen LogP contribution in [-0.2, 0) is 17.8 Å². The number of fused-ring (bicyclic) bond motifs is 1. The van der Waals surface area contributed by atoms with Crippen molar-refractivity contribution in [2.24, 2.45) is 5.92 Å². The SMILES string of the molecule is Cc1cccc(C(=O)N2CCc3cc(CNC(=O)C4CC4)ccc32)c1. The maximum atomic E-state index is 12.8. The minimum absolute atomic E-state index is 0.0530. The van der Waals surface area contributed by atoms with Gasteiger partial charge in [-0.2, -0.15) is 0 Å². The lowest BCUT2D eigenvalue weighted by Crippen LogP contribution is -2.28. The Balaban J connectivity index is 1.48. The van der Waals surface area contributed by atoms with Crippen molar-refractivity contribution < 1.29 is 9.59 Å². The highest BCUT2D eigenvalue weighted by atomic mass is 16.2. The lowest BCUT2D eigenvalue weighted by Gasteiger charge is -2.18. The number of benzene rings is 2. The highest BCUT2D eigenvalue weighted by molar-refractivity contribution is 6.07. The molecule has 0 bridgehead atoms. The number of hydrogen-bond acceptors (Lipinski definition) is 2. The standard InChI is InChI=1S/C21H22N2O2/c1-14-3-2-4-18(11-14)21(25)23-10-9-17-12-15(5-8-19(17)23)13-22-20(24)16-6-7-16/h2-5,8,11-12,16H,6-7,9-10,13H2,1H3,(H,22,24). The van der Waals surface area contributed by atoms with E-state index in [-0.39, 0.29) is 17.7 Å². The number of carbonyl (C=O) groups excluding carboxylic acids is 2. The first-order valence-corrected chi connectivity index (χ1v) is 8.90. The summed E-state index contributed by atoms with van der Waals surface area (Å²) in [6, 6.07) is 13.9. The van der Waals surface area contributed by atoms with Crippen LogP contribution in [0.25, 0.3) is 0 Å². The van der Waals surface area contributed by atoms with Gasteiger partial charge < -0.3 is 10.2 Å². The van der Waals surface area contributed by atoms with Gasteiger partial charge in [-0.05, 0) is 55.5 Å². The van der Waals surface area contributed by atoms with Gasteiger partial charge >= 0.3 is 0 Å². The number of anilines is 1. The first-order chi connectivity index (χ1) is 12.1. The lowest BCUT2D eigenvalue weighted by molar-refractivity contribution is -0.122. The molecule has 1 saturated carbocycles. The number of amides is 2. The van der Waals surface area contributed by atoms with E-state index in [0.717, 1.165) is 41.6 Å². The second kappa shape index (κ2) is 6.36. The third-order valence-corrected chi connectivity index (χ3v) is 4.96. The van der Waals surface area contributed by atoms with Gasteiger partial charge in [0.2, 0.25) is 5.91 Å². The van der Waals surface area contributed by atoms with Crippen LogP contribution in [-0.4, -0.2) is 18.4 Å². The molecule has 0 spiro atoms. The van der Waals surface area contributed by atoms with E-state index in [2.05, 4.69) is 11.4 Å². The van der Waals surface area contributed by atoms with Crippen molar-refractivity contribution in [3.63, 3.8) is 0 Å². The molecule has 4 rings (SSSR count). The van der Waals surface area contributed by atoms with Gasteiger partial charge in [-0.25, -0.2) is 0 Å². The zero-order valence-electron chi connectivity index (χ0n) is 14.4. The van der Waals surface area contributed by atoms with E-state index in [4.69, 9.17) is 0 Å². The molecule has 0 radical (unpaired) electrons. The van der Waals surface area contributed by atoms with Gasteiger partial charge in [-0.15, -0.1) is 0 Å². The number of rotatable bonds is 4. The molecule has 1 aliphatic heterocycles. The van der Waals surface area contributed by atoms with Crippen molar-refractivity contribution >= 4 is 17.5 Å². The van der Waals surface area contributed by atoms with Crippen molar-refractivity contribution in [3.05, 3.63) is 64.7 Å². The molecular formula is C21H22N2O2. The molecule has 2 aromatic carbocycles. The molecule has 1 N–H and O–H groups in total. The second-order valence-corrected chi connectivity index (χ2v) is 7.03. The van der Waals surface area contributed by atoms with E-state index >= 15 is 0 Å². The maximum Gasteiger partial charge on any atom is 0.258 e. The maximum absolute atomic E-state index is 12.8. The average molecular weight is 334 g/mol. The first kappa shape index (κ1) is 15.9. The predicted octanol–water partition coefficient (Wildman–Crippen LogP) is 3.22. The monoisotopic (exact) mass is 334 g/mol. The van der Waals surface area contributed by atoms with Crippen LogP contribution in [0.5, 0.6) is 0 Å². The van der Waals surface area contributed by atoms with Crippen LogP contribution >= 0.6 is 0 Å². The summed E-state index contributed by atoms with van der Waals surface area (Å²) in [4.78, 5) is 26.4. The van der Waals surface area contributed by atoms with Crippen LogP contribution < -0.4 is 10.2 Å². The van der Waals surface area contributed by atoms with E-state index < -0.39 is 0 Å². The fourth-order valence-corrected chi connectivity index (χ4v) is 3.39. The summed E-state index contributed by atoms with van der Waals surface area (Å²) >= 11 is 0. The van der Waals surface area contributed by atoms with Gasteiger partial charge in [-0.3, -0.25) is 9.59 Å². The molecule has 0 unspecified atom stereocenters.